The van der Waals surface area contributed by atoms with Crippen LogP contribution in [-0.2, 0) is 6.42 Å². The molecule has 1 N–H and O–H groups in total. The highest BCUT2D eigenvalue weighted by molar-refractivity contribution is 5.34. The molecule has 84 valence electrons. The topological polar surface area (TPSA) is 55.2 Å². The fraction of sp³-hybridized carbons (Fsp3) is 0.333. The van der Waals surface area contributed by atoms with Crippen LogP contribution in [0.2, 0.25) is 0 Å². The fourth-order valence-corrected chi connectivity index (χ4v) is 1.83. The molecule has 1 aliphatic heterocycles. The molecule has 16 heavy (non-hydrogen) atoms. The predicted octanol–water partition coefficient (Wildman–Crippen LogP) is 2.06. The molecule has 0 radical (unpaired) electrons. The number of hydrogen-bond donors (Lipinski definition) is 1. The molecule has 0 atom stereocenters. The van der Waals surface area contributed by atoms with Gasteiger partial charge >= 0.3 is 0 Å². The molecule has 1 aliphatic rings. The second kappa shape index (κ2) is 4.90. The summed E-state index contributed by atoms with van der Waals surface area (Å²) >= 11 is 0. The van der Waals surface area contributed by atoms with E-state index in [0.717, 1.165) is 31.5 Å². The Morgan fingerprint density at radius 3 is 2.62 bits per heavy atom. The summed E-state index contributed by atoms with van der Waals surface area (Å²) in [6, 6.07) is 6.80. The lowest BCUT2D eigenvalue weighted by atomic mass is 10.0. The summed E-state index contributed by atoms with van der Waals surface area (Å²) < 4.78 is 0. The number of rotatable bonds is 3. The van der Waals surface area contributed by atoms with Gasteiger partial charge in [0.2, 0.25) is 0 Å². The Morgan fingerprint density at radius 1 is 1.31 bits per heavy atom. The normalized spacial score (nSPS) is 15.6. The van der Waals surface area contributed by atoms with E-state index in [1.807, 2.05) is 12.1 Å². The number of benzene rings is 1. The molecule has 0 fully saturated rings. The van der Waals surface area contributed by atoms with Crippen molar-refractivity contribution in [3.63, 3.8) is 0 Å². The van der Waals surface area contributed by atoms with E-state index in [4.69, 9.17) is 0 Å². The Labute approximate surface area is 94.1 Å². The van der Waals surface area contributed by atoms with Crippen molar-refractivity contribution in [1.29, 1.82) is 0 Å². The van der Waals surface area contributed by atoms with Gasteiger partial charge in [-0.2, -0.15) is 0 Å². The predicted molar refractivity (Wildman–Crippen MR) is 62.4 cm³/mol. The number of nitro groups is 1. The largest absolute Gasteiger partial charge is 0.313 e. The van der Waals surface area contributed by atoms with Crippen molar-refractivity contribution in [3.8, 4) is 0 Å². The number of nitrogens with zero attached hydrogens (tertiary/aromatic N) is 1. The van der Waals surface area contributed by atoms with Gasteiger partial charge in [0, 0.05) is 18.7 Å². The molecule has 1 aromatic rings. The molecular weight excluding hydrogens is 204 g/mol. The quantitative estimate of drug-likeness (QED) is 0.480. The third-order valence-electron chi connectivity index (χ3n) is 2.74. The lowest BCUT2D eigenvalue weighted by Gasteiger charge is -2.13. The first-order valence-corrected chi connectivity index (χ1v) is 5.37. The van der Waals surface area contributed by atoms with Gasteiger partial charge in [-0.3, -0.25) is 10.1 Å². The van der Waals surface area contributed by atoms with E-state index in [2.05, 4.69) is 11.4 Å². The second-order valence-corrected chi connectivity index (χ2v) is 3.92. The molecule has 0 bridgehead atoms. The average Bonchev–Trinajstić information content (AvgIpc) is 2.31. The lowest BCUT2D eigenvalue weighted by Crippen LogP contribution is -2.21. The number of nitro benzene ring substituents is 1. The van der Waals surface area contributed by atoms with E-state index in [0.29, 0.717) is 0 Å². The van der Waals surface area contributed by atoms with Gasteiger partial charge in [0.1, 0.15) is 0 Å². The van der Waals surface area contributed by atoms with Crippen molar-refractivity contribution in [2.75, 3.05) is 13.1 Å². The highest BCUT2D eigenvalue weighted by Crippen LogP contribution is 2.16. The maximum atomic E-state index is 10.5. The maximum Gasteiger partial charge on any atom is 0.269 e. The Hall–Kier alpha value is -1.68. The maximum absolute atomic E-state index is 10.5. The van der Waals surface area contributed by atoms with Gasteiger partial charge in [0.25, 0.3) is 5.69 Å². The minimum atomic E-state index is -0.367. The van der Waals surface area contributed by atoms with E-state index in [1.54, 1.807) is 12.1 Å². The molecule has 4 heteroatoms. The molecular formula is C12H14N2O2. The summed E-state index contributed by atoms with van der Waals surface area (Å²) in [7, 11) is 0. The lowest BCUT2D eigenvalue weighted by molar-refractivity contribution is -0.384. The Morgan fingerprint density at radius 2 is 2.06 bits per heavy atom. The molecule has 0 unspecified atom stereocenters. The van der Waals surface area contributed by atoms with Gasteiger partial charge in [-0.15, -0.1) is 0 Å². The van der Waals surface area contributed by atoms with Crippen molar-refractivity contribution in [1.82, 2.24) is 5.32 Å². The smallest absolute Gasteiger partial charge is 0.269 e. The standard InChI is InChI=1S/C12H14N2O2/c15-14(16)12-3-1-10(2-4-12)9-11-5-7-13-8-6-11/h1-5,13H,6-9H2. The average molecular weight is 218 g/mol. The Kier molecular flexibility index (Phi) is 3.31. The van der Waals surface area contributed by atoms with Crippen LogP contribution in [0.15, 0.2) is 35.9 Å². The van der Waals surface area contributed by atoms with Crippen LogP contribution in [0.4, 0.5) is 5.69 Å². The SMILES string of the molecule is O=[N+]([O-])c1ccc(CC2=CCNCC2)cc1. The first kappa shape index (κ1) is 10.8. The minimum Gasteiger partial charge on any atom is -0.313 e. The van der Waals surface area contributed by atoms with Crippen LogP contribution in [0.3, 0.4) is 0 Å². The highest BCUT2D eigenvalue weighted by atomic mass is 16.6. The van der Waals surface area contributed by atoms with Gasteiger partial charge in [-0.1, -0.05) is 23.8 Å². The first-order valence-electron chi connectivity index (χ1n) is 5.37. The van der Waals surface area contributed by atoms with Crippen molar-refractivity contribution in [2.24, 2.45) is 0 Å². The van der Waals surface area contributed by atoms with Gasteiger partial charge in [-0.05, 0) is 24.9 Å². The van der Waals surface area contributed by atoms with E-state index in [1.165, 1.54) is 5.57 Å². The zero-order valence-electron chi connectivity index (χ0n) is 8.98. The number of nitrogens with one attached hydrogen (secondary N) is 1. The van der Waals surface area contributed by atoms with Crippen LogP contribution in [0.25, 0.3) is 0 Å². The molecule has 4 nitrogen and oxygen atoms in total. The first-order chi connectivity index (χ1) is 7.75. The number of hydrogen-bond acceptors (Lipinski definition) is 3. The van der Waals surface area contributed by atoms with Crippen LogP contribution in [0.5, 0.6) is 0 Å². The zero-order valence-corrected chi connectivity index (χ0v) is 8.98. The van der Waals surface area contributed by atoms with Gasteiger partial charge < -0.3 is 5.32 Å². The van der Waals surface area contributed by atoms with Crippen LogP contribution >= 0.6 is 0 Å². The second-order valence-electron chi connectivity index (χ2n) is 3.92. The van der Waals surface area contributed by atoms with Crippen molar-refractivity contribution >= 4 is 5.69 Å². The molecule has 0 aliphatic carbocycles. The zero-order chi connectivity index (χ0) is 11.4. The van der Waals surface area contributed by atoms with Gasteiger partial charge in [0.15, 0.2) is 0 Å². The third-order valence-corrected chi connectivity index (χ3v) is 2.74. The van der Waals surface area contributed by atoms with Crippen LogP contribution in [0, 0.1) is 10.1 Å². The van der Waals surface area contributed by atoms with E-state index >= 15 is 0 Å². The monoisotopic (exact) mass is 218 g/mol. The van der Waals surface area contributed by atoms with Gasteiger partial charge in [0.05, 0.1) is 4.92 Å². The molecule has 0 spiro atoms. The van der Waals surface area contributed by atoms with Gasteiger partial charge in [-0.25, -0.2) is 0 Å². The molecule has 0 saturated carbocycles. The van der Waals surface area contributed by atoms with E-state index in [9.17, 15) is 10.1 Å². The molecule has 0 saturated heterocycles. The summed E-state index contributed by atoms with van der Waals surface area (Å²) in [6.45, 7) is 1.96. The highest BCUT2D eigenvalue weighted by Gasteiger charge is 2.06. The van der Waals surface area contributed by atoms with Crippen LogP contribution in [0.1, 0.15) is 12.0 Å². The Bertz CT molecular complexity index is 410. The van der Waals surface area contributed by atoms with Crippen molar-refractivity contribution in [3.05, 3.63) is 51.6 Å². The Balaban J connectivity index is 2.04. The molecule has 0 aromatic heterocycles. The molecule has 1 heterocycles. The molecule has 2 rings (SSSR count). The summed E-state index contributed by atoms with van der Waals surface area (Å²) in [5.74, 6) is 0. The van der Waals surface area contributed by atoms with Crippen LogP contribution < -0.4 is 5.32 Å². The molecule has 0 amide bonds. The number of non-ortho nitro benzene ring substituents is 1. The van der Waals surface area contributed by atoms with Crippen molar-refractivity contribution < 1.29 is 4.92 Å². The summed E-state index contributed by atoms with van der Waals surface area (Å²) in [4.78, 5) is 10.1. The minimum absolute atomic E-state index is 0.156. The summed E-state index contributed by atoms with van der Waals surface area (Å²) in [6.07, 6.45) is 4.17. The summed E-state index contributed by atoms with van der Waals surface area (Å²) in [5, 5.41) is 13.7. The molecule has 1 aromatic carbocycles. The van der Waals surface area contributed by atoms with E-state index < -0.39 is 0 Å². The third kappa shape index (κ3) is 2.67. The summed E-state index contributed by atoms with van der Waals surface area (Å²) in [5.41, 5.74) is 2.70. The van der Waals surface area contributed by atoms with Crippen molar-refractivity contribution in [2.45, 2.75) is 12.8 Å². The van der Waals surface area contributed by atoms with Crippen LogP contribution in [-0.4, -0.2) is 18.0 Å². The fourth-order valence-electron chi connectivity index (χ4n) is 1.83. The van der Waals surface area contributed by atoms with E-state index in [-0.39, 0.29) is 10.6 Å².